The smallest absolute Gasteiger partial charge is 0.191 e. The molecule has 0 saturated heterocycles. The minimum absolute atomic E-state index is 0. The molecule has 2 heterocycles. The Labute approximate surface area is 198 Å². The second kappa shape index (κ2) is 10.4. The normalized spacial score (nSPS) is 12.0. The van der Waals surface area contributed by atoms with Crippen molar-refractivity contribution in [2.24, 2.45) is 4.99 Å². The number of nitrogens with zero attached hydrogens (tertiary/aromatic N) is 4. The molecule has 0 aliphatic heterocycles. The van der Waals surface area contributed by atoms with Gasteiger partial charge in [0.15, 0.2) is 17.4 Å². The van der Waals surface area contributed by atoms with Gasteiger partial charge in [-0.2, -0.15) is 0 Å². The number of rotatable bonds is 6. The third kappa shape index (κ3) is 5.96. The van der Waals surface area contributed by atoms with Crippen LogP contribution in [0.4, 0.5) is 0 Å². The van der Waals surface area contributed by atoms with Crippen LogP contribution in [0.2, 0.25) is 10.0 Å². The molecule has 156 valence electrons. The van der Waals surface area contributed by atoms with Crippen LogP contribution in [0.15, 0.2) is 47.6 Å². The van der Waals surface area contributed by atoms with Crippen LogP contribution in [0.3, 0.4) is 0 Å². The monoisotopic (exact) mass is 546 g/mol. The number of hydrogen-bond acceptors (Lipinski definition) is 3. The van der Waals surface area contributed by atoms with Crippen LogP contribution in [0, 0.1) is 0 Å². The standard InChI is InChI=1S/C20H24Cl2N6.HI/c1-4-23-19(24-12-18-27-26-17-7-5-6-10-28(17)18)25-13-20(2,3)14-8-9-15(21)16(22)11-14;/h5-11H,4,12-13H2,1-3H3,(H2,23,24,25);1H. The van der Waals surface area contributed by atoms with Gasteiger partial charge in [-0.1, -0.05) is 49.2 Å². The summed E-state index contributed by atoms with van der Waals surface area (Å²) in [7, 11) is 0. The van der Waals surface area contributed by atoms with E-state index >= 15 is 0 Å². The quantitative estimate of drug-likeness (QED) is 0.267. The van der Waals surface area contributed by atoms with Crippen molar-refractivity contribution in [2.75, 3.05) is 13.1 Å². The zero-order valence-corrected chi connectivity index (χ0v) is 20.5. The van der Waals surface area contributed by atoms with Gasteiger partial charge >= 0.3 is 0 Å². The van der Waals surface area contributed by atoms with E-state index in [9.17, 15) is 0 Å². The minimum Gasteiger partial charge on any atom is -0.357 e. The molecule has 0 amide bonds. The molecule has 1 aromatic carbocycles. The summed E-state index contributed by atoms with van der Waals surface area (Å²) in [4.78, 5) is 4.66. The molecule has 0 atom stereocenters. The van der Waals surface area contributed by atoms with Gasteiger partial charge in [0.2, 0.25) is 0 Å². The van der Waals surface area contributed by atoms with Gasteiger partial charge in [-0.3, -0.25) is 4.40 Å². The van der Waals surface area contributed by atoms with Gasteiger partial charge in [-0.25, -0.2) is 4.99 Å². The summed E-state index contributed by atoms with van der Waals surface area (Å²) in [6.07, 6.45) is 1.94. The number of guanidine groups is 1. The Bertz CT molecular complexity index is 986. The number of pyridine rings is 1. The lowest BCUT2D eigenvalue weighted by Gasteiger charge is -2.27. The molecular formula is C20H25Cl2IN6. The molecule has 0 fully saturated rings. The molecule has 6 nitrogen and oxygen atoms in total. The van der Waals surface area contributed by atoms with Crippen molar-refractivity contribution < 1.29 is 0 Å². The summed E-state index contributed by atoms with van der Waals surface area (Å²) < 4.78 is 1.94. The third-order valence-corrected chi connectivity index (χ3v) is 5.25. The Morgan fingerprint density at radius 1 is 1.10 bits per heavy atom. The minimum atomic E-state index is -0.161. The van der Waals surface area contributed by atoms with Crippen molar-refractivity contribution in [3.05, 3.63) is 64.0 Å². The van der Waals surface area contributed by atoms with Crippen molar-refractivity contribution >= 4 is 58.8 Å². The molecule has 9 heteroatoms. The van der Waals surface area contributed by atoms with E-state index in [1.54, 1.807) is 0 Å². The molecule has 0 bridgehead atoms. The SMILES string of the molecule is CCNC(=NCc1nnc2ccccn12)NCC(C)(C)c1ccc(Cl)c(Cl)c1.I. The van der Waals surface area contributed by atoms with Crippen LogP contribution in [0.25, 0.3) is 5.65 Å². The van der Waals surface area contributed by atoms with E-state index in [0.717, 1.165) is 29.5 Å². The summed E-state index contributed by atoms with van der Waals surface area (Å²) >= 11 is 12.2. The van der Waals surface area contributed by atoms with Crippen LogP contribution < -0.4 is 10.6 Å². The Balaban J connectivity index is 0.00000300. The highest BCUT2D eigenvalue weighted by Gasteiger charge is 2.22. The molecule has 0 aliphatic carbocycles. The molecule has 3 rings (SSSR count). The lowest BCUT2D eigenvalue weighted by Crippen LogP contribution is -2.43. The van der Waals surface area contributed by atoms with Crippen LogP contribution in [0.5, 0.6) is 0 Å². The highest BCUT2D eigenvalue weighted by Crippen LogP contribution is 2.29. The first-order valence-electron chi connectivity index (χ1n) is 9.17. The maximum atomic E-state index is 6.18. The fourth-order valence-corrected chi connectivity index (χ4v) is 3.11. The van der Waals surface area contributed by atoms with Crippen molar-refractivity contribution in [3.8, 4) is 0 Å². The van der Waals surface area contributed by atoms with E-state index in [2.05, 4.69) is 39.7 Å². The maximum Gasteiger partial charge on any atom is 0.191 e. The van der Waals surface area contributed by atoms with Crippen LogP contribution in [0.1, 0.15) is 32.2 Å². The second-order valence-corrected chi connectivity index (χ2v) is 7.92. The topological polar surface area (TPSA) is 66.6 Å². The number of aromatic nitrogens is 3. The molecule has 0 saturated carbocycles. The van der Waals surface area contributed by atoms with Gasteiger partial charge < -0.3 is 10.6 Å². The molecule has 29 heavy (non-hydrogen) atoms. The first kappa shape index (κ1) is 23.7. The number of benzene rings is 1. The van der Waals surface area contributed by atoms with Gasteiger partial charge in [-0.05, 0) is 36.8 Å². The Morgan fingerprint density at radius 2 is 1.90 bits per heavy atom. The molecule has 2 N–H and O–H groups in total. The molecule has 3 aromatic rings. The van der Waals surface area contributed by atoms with E-state index in [1.165, 1.54) is 0 Å². The molecule has 0 spiro atoms. The number of halogens is 3. The van der Waals surface area contributed by atoms with Crippen molar-refractivity contribution in [1.82, 2.24) is 25.2 Å². The Hall–Kier alpha value is -1.58. The summed E-state index contributed by atoms with van der Waals surface area (Å²) in [5, 5.41) is 16.2. The summed E-state index contributed by atoms with van der Waals surface area (Å²) in [5.74, 6) is 1.51. The molecule has 2 aromatic heterocycles. The highest BCUT2D eigenvalue weighted by atomic mass is 127. The summed E-state index contributed by atoms with van der Waals surface area (Å²) in [5.41, 5.74) is 1.76. The molecule has 0 radical (unpaired) electrons. The zero-order valence-electron chi connectivity index (χ0n) is 16.6. The van der Waals surface area contributed by atoms with Gasteiger partial charge in [0.1, 0.15) is 6.54 Å². The predicted octanol–water partition coefficient (Wildman–Crippen LogP) is 4.69. The largest absolute Gasteiger partial charge is 0.357 e. The first-order chi connectivity index (χ1) is 13.4. The average Bonchev–Trinajstić information content (AvgIpc) is 3.09. The van der Waals surface area contributed by atoms with Gasteiger partial charge in [-0.15, -0.1) is 34.2 Å². The van der Waals surface area contributed by atoms with E-state index in [0.29, 0.717) is 23.1 Å². The second-order valence-electron chi connectivity index (χ2n) is 7.11. The predicted molar refractivity (Wildman–Crippen MR) is 131 cm³/mol. The van der Waals surface area contributed by atoms with Crippen LogP contribution in [-0.4, -0.2) is 33.6 Å². The van der Waals surface area contributed by atoms with Gasteiger partial charge in [0, 0.05) is 24.7 Å². The molecule has 0 unspecified atom stereocenters. The van der Waals surface area contributed by atoms with Gasteiger partial charge in [0.25, 0.3) is 0 Å². The Morgan fingerprint density at radius 3 is 2.62 bits per heavy atom. The van der Waals surface area contributed by atoms with Gasteiger partial charge in [0.05, 0.1) is 10.0 Å². The average molecular weight is 547 g/mol. The third-order valence-electron chi connectivity index (χ3n) is 4.51. The first-order valence-corrected chi connectivity index (χ1v) is 9.92. The lowest BCUT2D eigenvalue weighted by atomic mass is 9.84. The van der Waals surface area contributed by atoms with Crippen molar-refractivity contribution in [3.63, 3.8) is 0 Å². The summed E-state index contributed by atoms with van der Waals surface area (Å²) in [6, 6.07) is 11.6. The number of nitrogens with one attached hydrogen (secondary N) is 2. The van der Waals surface area contributed by atoms with Crippen molar-refractivity contribution in [2.45, 2.75) is 32.7 Å². The van der Waals surface area contributed by atoms with Crippen molar-refractivity contribution in [1.29, 1.82) is 0 Å². The number of hydrogen-bond donors (Lipinski definition) is 2. The van der Waals surface area contributed by atoms with E-state index < -0.39 is 0 Å². The summed E-state index contributed by atoms with van der Waals surface area (Å²) in [6.45, 7) is 8.20. The fourth-order valence-electron chi connectivity index (χ4n) is 2.81. The molecule has 0 aliphatic rings. The Kier molecular flexibility index (Phi) is 8.54. The van der Waals surface area contributed by atoms with E-state index in [4.69, 9.17) is 23.2 Å². The highest BCUT2D eigenvalue weighted by molar-refractivity contribution is 14.0. The zero-order chi connectivity index (χ0) is 20.1. The van der Waals surface area contributed by atoms with E-state index in [1.807, 2.05) is 53.9 Å². The maximum absolute atomic E-state index is 6.18. The number of fused-ring (bicyclic) bond motifs is 1. The fraction of sp³-hybridized carbons (Fsp3) is 0.350. The molecular weight excluding hydrogens is 522 g/mol. The van der Waals surface area contributed by atoms with Crippen LogP contribution >= 0.6 is 47.2 Å². The van der Waals surface area contributed by atoms with Crippen LogP contribution in [-0.2, 0) is 12.0 Å². The van der Waals surface area contributed by atoms with E-state index in [-0.39, 0.29) is 29.4 Å². The number of aliphatic imine (C=N–C) groups is 1. The lowest BCUT2D eigenvalue weighted by molar-refractivity contribution is 0.508.